The second-order valence-electron chi connectivity index (χ2n) is 5.09. The second-order valence-corrected chi connectivity index (χ2v) is 5.09. The highest BCUT2D eigenvalue weighted by atomic mass is 16.3. The van der Waals surface area contributed by atoms with Gasteiger partial charge in [0, 0.05) is 19.1 Å². The molecule has 0 heterocycles. The van der Waals surface area contributed by atoms with Crippen LogP contribution in [0.25, 0.3) is 0 Å². The Morgan fingerprint density at radius 1 is 1.41 bits per heavy atom. The molecule has 1 unspecified atom stereocenters. The summed E-state index contributed by atoms with van der Waals surface area (Å²) in [5, 5.41) is 13.1. The smallest absolute Gasteiger partial charge is 0.115 e. The highest BCUT2D eigenvalue weighted by molar-refractivity contribution is 5.38. The van der Waals surface area contributed by atoms with Crippen LogP contribution in [0.3, 0.4) is 0 Å². The summed E-state index contributed by atoms with van der Waals surface area (Å²) in [4.78, 5) is 2.19. The third-order valence-electron chi connectivity index (χ3n) is 3.39. The van der Waals surface area contributed by atoms with Crippen LogP contribution in [0.15, 0.2) is 18.2 Å². The second kappa shape index (κ2) is 5.52. The summed E-state index contributed by atoms with van der Waals surface area (Å²) in [5.41, 5.74) is 2.67. The van der Waals surface area contributed by atoms with E-state index < -0.39 is 0 Å². The number of hydrogen-bond donors (Lipinski definition) is 2. The van der Waals surface area contributed by atoms with Gasteiger partial charge in [0.25, 0.3) is 0 Å². The first kappa shape index (κ1) is 12.4. The molecular formula is C14H22N2O. The molecule has 2 N–H and O–H groups in total. The van der Waals surface area contributed by atoms with E-state index in [9.17, 15) is 5.11 Å². The molecule has 1 atom stereocenters. The molecule has 2 rings (SSSR count). The number of phenolic OH excluding ortho intramolecular Hbond substituents is 1. The molecule has 0 radical (unpaired) electrons. The Labute approximate surface area is 103 Å². The molecule has 0 amide bonds. The number of likely N-dealkylation sites (N-methyl/N-ethyl adjacent to an activating group) is 1. The number of rotatable bonds is 4. The number of nitrogens with one attached hydrogen (secondary N) is 1. The maximum atomic E-state index is 9.50. The zero-order valence-electron chi connectivity index (χ0n) is 10.7. The summed E-state index contributed by atoms with van der Waals surface area (Å²) in [7, 11) is 4.18. The topological polar surface area (TPSA) is 35.5 Å². The number of phenols is 1. The van der Waals surface area contributed by atoms with E-state index >= 15 is 0 Å². The van der Waals surface area contributed by atoms with Crippen molar-refractivity contribution >= 4 is 0 Å². The number of nitrogens with zero attached hydrogens (tertiary/aromatic N) is 1. The van der Waals surface area contributed by atoms with Crippen LogP contribution < -0.4 is 5.32 Å². The Hall–Kier alpha value is -1.06. The van der Waals surface area contributed by atoms with E-state index in [0.717, 1.165) is 19.5 Å². The normalized spacial score (nSPS) is 19.4. The highest BCUT2D eigenvalue weighted by Crippen LogP contribution is 2.31. The van der Waals surface area contributed by atoms with E-state index in [0.29, 0.717) is 11.8 Å². The van der Waals surface area contributed by atoms with Crippen LogP contribution >= 0.6 is 0 Å². The Kier molecular flexibility index (Phi) is 4.02. The Morgan fingerprint density at radius 3 is 3.00 bits per heavy atom. The van der Waals surface area contributed by atoms with E-state index in [1.165, 1.54) is 24.0 Å². The molecule has 0 aliphatic heterocycles. The number of aryl methyl sites for hydroxylation is 1. The molecule has 0 fully saturated rings. The summed E-state index contributed by atoms with van der Waals surface area (Å²) in [6, 6.07) is 6.23. The minimum atomic E-state index is 0.387. The van der Waals surface area contributed by atoms with Crippen molar-refractivity contribution in [1.82, 2.24) is 10.2 Å². The monoisotopic (exact) mass is 234 g/mol. The van der Waals surface area contributed by atoms with Gasteiger partial charge in [0.2, 0.25) is 0 Å². The van der Waals surface area contributed by atoms with Crippen molar-refractivity contribution < 1.29 is 5.11 Å². The van der Waals surface area contributed by atoms with E-state index in [2.05, 4.69) is 30.4 Å². The van der Waals surface area contributed by atoms with Crippen LogP contribution in [0.5, 0.6) is 5.75 Å². The Bertz CT molecular complexity index is 376. The zero-order valence-corrected chi connectivity index (χ0v) is 10.7. The van der Waals surface area contributed by atoms with Crippen molar-refractivity contribution in [3.8, 4) is 5.75 Å². The molecule has 0 aromatic heterocycles. The number of fused-ring (bicyclic) bond motifs is 1. The maximum absolute atomic E-state index is 9.50. The van der Waals surface area contributed by atoms with Crippen LogP contribution in [-0.4, -0.2) is 37.2 Å². The van der Waals surface area contributed by atoms with E-state index in [-0.39, 0.29) is 0 Å². The molecule has 94 valence electrons. The fourth-order valence-electron chi connectivity index (χ4n) is 2.48. The molecule has 0 spiro atoms. The molecule has 1 aliphatic rings. The van der Waals surface area contributed by atoms with Crippen LogP contribution in [0, 0.1) is 0 Å². The average Bonchev–Trinajstić information content (AvgIpc) is 2.28. The summed E-state index contributed by atoms with van der Waals surface area (Å²) >= 11 is 0. The van der Waals surface area contributed by atoms with Crippen molar-refractivity contribution in [2.45, 2.75) is 25.3 Å². The summed E-state index contributed by atoms with van der Waals surface area (Å²) in [6.45, 7) is 2.07. The molecule has 1 aromatic rings. The highest BCUT2D eigenvalue weighted by Gasteiger charge is 2.19. The first-order valence-corrected chi connectivity index (χ1v) is 6.37. The SMILES string of the molecule is CN(C)CCNC1CCCc2cc(O)ccc21. The van der Waals surface area contributed by atoms with E-state index in [1.807, 2.05) is 6.07 Å². The van der Waals surface area contributed by atoms with Gasteiger partial charge < -0.3 is 15.3 Å². The fraction of sp³-hybridized carbons (Fsp3) is 0.571. The molecule has 0 saturated heterocycles. The van der Waals surface area contributed by atoms with Crippen molar-refractivity contribution in [3.05, 3.63) is 29.3 Å². The molecule has 17 heavy (non-hydrogen) atoms. The van der Waals surface area contributed by atoms with Gasteiger partial charge in [-0.05, 0) is 56.6 Å². The van der Waals surface area contributed by atoms with Gasteiger partial charge in [-0.25, -0.2) is 0 Å². The summed E-state index contributed by atoms with van der Waals surface area (Å²) in [6.07, 6.45) is 3.50. The molecule has 1 aromatic carbocycles. The van der Waals surface area contributed by atoms with E-state index in [1.54, 1.807) is 6.07 Å². The number of aromatic hydroxyl groups is 1. The summed E-state index contributed by atoms with van der Waals surface area (Å²) < 4.78 is 0. The van der Waals surface area contributed by atoms with Gasteiger partial charge in [-0.15, -0.1) is 0 Å². The van der Waals surface area contributed by atoms with Crippen molar-refractivity contribution in [2.75, 3.05) is 27.2 Å². The predicted molar refractivity (Wildman–Crippen MR) is 70.3 cm³/mol. The average molecular weight is 234 g/mol. The van der Waals surface area contributed by atoms with Gasteiger partial charge >= 0.3 is 0 Å². The minimum absolute atomic E-state index is 0.387. The fourth-order valence-corrected chi connectivity index (χ4v) is 2.48. The van der Waals surface area contributed by atoms with Gasteiger partial charge in [-0.3, -0.25) is 0 Å². The molecule has 0 saturated carbocycles. The maximum Gasteiger partial charge on any atom is 0.115 e. The Balaban J connectivity index is 2.02. The predicted octanol–water partition coefficient (Wildman–Crippen LogP) is 1.92. The lowest BCUT2D eigenvalue weighted by Gasteiger charge is -2.27. The van der Waals surface area contributed by atoms with Crippen molar-refractivity contribution in [1.29, 1.82) is 0 Å². The number of benzene rings is 1. The largest absolute Gasteiger partial charge is 0.508 e. The quantitative estimate of drug-likeness (QED) is 0.835. The minimum Gasteiger partial charge on any atom is -0.508 e. The lowest BCUT2D eigenvalue weighted by atomic mass is 9.87. The first-order valence-electron chi connectivity index (χ1n) is 6.37. The van der Waals surface area contributed by atoms with Gasteiger partial charge in [0.1, 0.15) is 5.75 Å². The molecular weight excluding hydrogens is 212 g/mol. The van der Waals surface area contributed by atoms with Crippen LogP contribution in [0.4, 0.5) is 0 Å². The summed E-state index contributed by atoms with van der Waals surface area (Å²) in [5.74, 6) is 0.387. The lowest BCUT2D eigenvalue weighted by molar-refractivity contribution is 0.371. The van der Waals surface area contributed by atoms with Crippen molar-refractivity contribution in [3.63, 3.8) is 0 Å². The third-order valence-corrected chi connectivity index (χ3v) is 3.39. The lowest BCUT2D eigenvalue weighted by Crippen LogP contribution is -2.31. The molecule has 3 nitrogen and oxygen atoms in total. The van der Waals surface area contributed by atoms with Crippen LogP contribution in [0.2, 0.25) is 0 Å². The third kappa shape index (κ3) is 3.20. The van der Waals surface area contributed by atoms with E-state index in [4.69, 9.17) is 0 Å². The van der Waals surface area contributed by atoms with Gasteiger partial charge in [-0.2, -0.15) is 0 Å². The van der Waals surface area contributed by atoms with Gasteiger partial charge in [0.05, 0.1) is 0 Å². The standard InChI is InChI=1S/C14H22N2O/c1-16(2)9-8-15-14-5-3-4-11-10-12(17)6-7-13(11)14/h6-7,10,14-15,17H,3-5,8-9H2,1-2H3. The van der Waals surface area contributed by atoms with Gasteiger partial charge in [-0.1, -0.05) is 6.07 Å². The Morgan fingerprint density at radius 2 is 2.24 bits per heavy atom. The molecule has 1 aliphatic carbocycles. The van der Waals surface area contributed by atoms with Crippen LogP contribution in [0.1, 0.15) is 30.0 Å². The van der Waals surface area contributed by atoms with Crippen LogP contribution in [-0.2, 0) is 6.42 Å². The number of hydrogen-bond acceptors (Lipinski definition) is 3. The molecule has 3 heteroatoms. The van der Waals surface area contributed by atoms with Gasteiger partial charge in [0.15, 0.2) is 0 Å². The first-order chi connectivity index (χ1) is 8.16. The zero-order chi connectivity index (χ0) is 12.3. The van der Waals surface area contributed by atoms with Crippen molar-refractivity contribution in [2.24, 2.45) is 0 Å². The molecule has 0 bridgehead atoms.